The number of benzene rings is 1. The summed E-state index contributed by atoms with van der Waals surface area (Å²) in [4.78, 5) is 0. The van der Waals surface area contributed by atoms with E-state index in [1.54, 1.807) is 0 Å². The molecule has 1 unspecified atom stereocenters. The number of hydrogen-bond donors (Lipinski definition) is 1. The van der Waals surface area contributed by atoms with Gasteiger partial charge in [0.1, 0.15) is 0 Å². The van der Waals surface area contributed by atoms with E-state index in [-0.39, 0.29) is 0 Å². The highest BCUT2D eigenvalue weighted by molar-refractivity contribution is 6.30. The molecule has 3 aliphatic carbocycles. The van der Waals surface area contributed by atoms with Gasteiger partial charge in [-0.2, -0.15) is 0 Å². The Balaban J connectivity index is 1.55. The summed E-state index contributed by atoms with van der Waals surface area (Å²) in [7, 11) is 0. The first-order chi connectivity index (χ1) is 9.50. The van der Waals surface area contributed by atoms with Gasteiger partial charge in [0.25, 0.3) is 0 Å². The van der Waals surface area contributed by atoms with Gasteiger partial charge in [0.05, 0.1) is 0 Å². The van der Waals surface area contributed by atoms with Crippen LogP contribution in [0.4, 0.5) is 0 Å². The number of nitrogens with one attached hydrogen (secondary N) is 1. The maximum atomic E-state index is 6.22. The molecule has 4 rings (SSSR count). The van der Waals surface area contributed by atoms with Crippen LogP contribution in [0.25, 0.3) is 0 Å². The zero-order chi connectivity index (χ0) is 14.0. The molecule has 0 aromatic heterocycles. The molecular formula is C18H24ClN. The first-order valence-corrected chi connectivity index (χ1v) is 8.40. The van der Waals surface area contributed by atoms with E-state index in [1.165, 1.54) is 43.4 Å². The van der Waals surface area contributed by atoms with Crippen molar-refractivity contribution in [2.24, 2.45) is 16.7 Å². The topological polar surface area (TPSA) is 12.0 Å². The Morgan fingerprint density at radius 1 is 1.25 bits per heavy atom. The summed E-state index contributed by atoms with van der Waals surface area (Å²) in [5.41, 5.74) is 3.88. The minimum Gasteiger partial charge on any atom is -0.309 e. The van der Waals surface area contributed by atoms with Crippen LogP contribution < -0.4 is 5.32 Å². The normalized spacial score (nSPS) is 29.2. The average Bonchev–Trinajstić information content (AvgIpc) is 3.23. The van der Waals surface area contributed by atoms with E-state index in [9.17, 15) is 0 Å². The molecule has 0 amide bonds. The average molecular weight is 290 g/mol. The number of fused-ring (bicyclic) bond motifs is 1. The Morgan fingerprint density at radius 3 is 2.65 bits per heavy atom. The molecule has 2 fully saturated rings. The highest BCUT2D eigenvalue weighted by Gasteiger charge is 2.54. The lowest BCUT2D eigenvalue weighted by molar-refractivity contribution is 0.246. The van der Waals surface area contributed by atoms with Gasteiger partial charge in [0, 0.05) is 17.6 Å². The van der Waals surface area contributed by atoms with Crippen molar-refractivity contribution in [3.8, 4) is 0 Å². The highest BCUT2D eigenvalue weighted by atomic mass is 35.5. The molecule has 0 aliphatic heterocycles. The van der Waals surface area contributed by atoms with E-state index in [0.717, 1.165) is 17.4 Å². The van der Waals surface area contributed by atoms with Gasteiger partial charge in [-0.25, -0.2) is 0 Å². The summed E-state index contributed by atoms with van der Waals surface area (Å²) in [6.45, 7) is 5.97. The molecule has 1 aromatic rings. The Morgan fingerprint density at radius 2 is 2.00 bits per heavy atom. The largest absolute Gasteiger partial charge is 0.309 e. The molecule has 0 heterocycles. The van der Waals surface area contributed by atoms with Crippen LogP contribution in [0.5, 0.6) is 0 Å². The lowest BCUT2D eigenvalue weighted by Crippen LogP contribution is -2.35. The predicted molar refractivity (Wildman–Crippen MR) is 84.1 cm³/mol. The molecule has 0 bridgehead atoms. The van der Waals surface area contributed by atoms with Gasteiger partial charge in [-0.05, 0) is 72.1 Å². The summed E-state index contributed by atoms with van der Waals surface area (Å²) in [6, 6.07) is 6.90. The molecular weight excluding hydrogens is 266 g/mol. The predicted octanol–water partition coefficient (Wildman–Crippen LogP) is 4.74. The smallest absolute Gasteiger partial charge is 0.0409 e. The monoisotopic (exact) mass is 289 g/mol. The fourth-order valence-corrected chi connectivity index (χ4v) is 4.47. The van der Waals surface area contributed by atoms with E-state index in [1.807, 2.05) is 6.07 Å². The van der Waals surface area contributed by atoms with Gasteiger partial charge in [0.2, 0.25) is 0 Å². The first kappa shape index (κ1) is 13.2. The molecule has 0 radical (unpaired) electrons. The van der Waals surface area contributed by atoms with Crippen LogP contribution in [-0.4, -0.2) is 6.54 Å². The lowest BCUT2D eigenvalue weighted by atomic mass is 9.85. The van der Waals surface area contributed by atoms with Crippen LogP contribution in [0.1, 0.15) is 56.7 Å². The van der Waals surface area contributed by atoms with Crippen molar-refractivity contribution < 1.29 is 0 Å². The molecule has 1 atom stereocenters. The highest BCUT2D eigenvalue weighted by Crippen LogP contribution is 2.61. The van der Waals surface area contributed by atoms with Crippen molar-refractivity contribution in [2.75, 3.05) is 6.54 Å². The number of hydrogen-bond acceptors (Lipinski definition) is 1. The lowest BCUT2D eigenvalue weighted by Gasteiger charge is -2.30. The van der Waals surface area contributed by atoms with Gasteiger partial charge in [-0.1, -0.05) is 31.5 Å². The number of rotatable bonds is 4. The van der Waals surface area contributed by atoms with Crippen LogP contribution in [-0.2, 0) is 6.42 Å². The minimum absolute atomic E-state index is 0.298. The zero-order valence-corrected chi connectivity index (χ0v) is 13.3. The van der Waals surface area contributed by atoms with Crippen molar-refractivity contribution in [1.82, 2.24) is 5.32 Å². The van der Waals surface area contributed by atoms with Crippen molar-refractivity contribution in [2.45, 2.75) is 52.0 Å². The molecule has 3 aliphatic rings. The third-order valence-electron chi connectivity index (χ3n) is 5.84. The second-order valence-corrected chi connectivity index (χ2v) is 8.40. The van der Waals surface area contributed by atoms with Crippen molar-refractivity contribution >= 4 is 11.6 Å². The quantitative estimate of drug-likeness (QED) is 0.844. The van der Waals surface area contributed by atoms with Gasteiger partial charge in [-0.3, -0.25) is 0 Å². The van der Waals surface area contributed by atoms with Gasteiger partial charge in [-0.15, -0.1) is 0 Å². The molecule has 2 saturated carbocycles. The van der Waals surface area contributed by atoms with E-state index < -0.39 is 0 Å². The van der Waals surface area contributed by atoms with E-state index in [2.05, 4.69) is 31.3 Å². The Kier molecular flexibility index (Phi) is 2.79. The van der Waals surface area contributed by atoms with Gasteiger partial charge >= 0.3 is 0 Å². The summed E-state index contributed by atoms with van der Waals surface area (Å²) < 4.78 is 0. The first-order valence-electron chi connectivity index (χ1n) is 8.02. The Labute approximate surface area is 127 Å². The Hall–Kier alpha value is -0.530. The van der Waals surface area contributed by atoms with E-state index >= 15 is 0 Å². The third-order valence-corrected chi connectivity index (χ3v) is 6.08. The number of halogens is 1. The summed E-state index contributed by atoms with van der Waals surface area (Å²) >= 11 is 6.22. The zero-order valence-electron chi connectivity index (χ0n) is 12.5. The summed E-state index contributed by atoms with van der Waals surface area (Å²) in [6.07, 6.45) is 6.99. The van der Waals surface area contributed by atoms with E-state index in [0.29, 0.717) is 16.9 Å². The Bertz CT molecular complexity index is 540. The molecule has 0 spiro atoms. The van der Waals surface area contributed by atoms with Crippen LogP contribution in [0.15, 0.2) is 18.2 Å². The molecule has 108 valence electrons. The van der Waals surface area contributed by atoms with Crippen LogP contribution in [0.3, 0.4) is 0 Å². The van der Waals surface area contributed by atoms with Crippen LogP contribution in [0, 0.1) is 16.7 Å². The van der Waals surface area contributed by atoms with Crippen LogP contribution >= 0.6 is 11.6 Å². The second kappa shape index (κ2) is 4.24. The SMILES string of the molecule is CC1(C)Cc2ccc(Cl)cc2C1NCC1(C2CC2)CC1. The maximum absolute atomic E-state index is 6.22. The summed E-state index contributed by atoms with van der Waals surface area (Å²) in [5.74, 6) is 1.03. The minimum atomic E-state index is 0.298. The maximum Gasteiger partial charge on any atom is 0.0409 e. The molecule has 0 saturated heterocycles. The van der Waals surface area contributed by atoms with Crippen molar-refractivity contribution in [3.05, 3.63) is 34.3 Å². The van der Waals surface area contributed by atoms with Crippen molar-refractivity contribution in [1.29, 1.82) is 0 Å². The van der Waals surface area contributed by atoms with E-state index in [4.69, 9.17) is 11.6 Å². The van der Waals surface area contributed by atoms with Crippen LogP contribution in [0.2, 0.25) is 5.02 Å². The standard InChI is InChI=1S/C18H24ClN/c1-17(2)10-12-3-6-14(19)9-15(12)16(17)20-11-18(7-8-18)13-4-5-13/h3,6,9,13,16,20H,4-5,7-8,10-11H2,1-2H3. The molecule has 20 heavy (non-hydrogen) atoms. The van der Waals surface area contributed by atoms with Crippen molar-refractivity contribution in [3.63, 3.8) is 0 Å². The summed E-state index contributed by atoms with van der Waals surface area (Å²) in [5, 5.41) is 4.79. The molecule has 1 aromatic carbocycles. The fourth-order valence-electron chi connectivity index (χ4n) is 4.29. The second-order valence-electron chi connectivity index (χ2n) is 7.96. The fraction of sp³-hybridized carbons (Fsp3) is 0.667. The van der Waals surface area contributed by atoms with Gasteiger partial charge in [0.15, 0.2) is 0 Å². The molecule has 1 N–H and O–H groups in total. The van der Waals surface area contributed by atoms with Gasteiger partial charge < -0.3 is 5.32 Å². The third kappa shape index (κ3) is 2.10. The molecule has 2 heteroatoms. The molecule has 1 nitrogen and oxygen atoms in total.